The molecule has 1 aliphatic heterocycles. The number of ether oxygens (including phenoxy) is 1. The van der Waals surface area contributed by atoms with Gasteiger partial charge in [0.25, 0.3) is 11.6 Å². The molecule has 0 spiro atoms. The van der Waals surface area contributed by atoms with Gasteiger partial charge in [-0.2, -0.15) is 0 Å². The lowest BCUT2D eigenvalue weighted by Gasteiger charge is -2.30. The Kier molecular flexibility index (Phi) is 4.66. The van der Waals surface area contributed by atoms with E-state index >= 15 is 0 Å². The van der Waals surface area contributed by atoms with Crippen molar-refractivity contribution in [3.63, 3.8) is 0 Å². The number of benzene rings is 1. The van der Waals surface area contributed by atoms with Crippen molar-refractivity contribution in [1.82, 2.24) is 4.98 Å². The third-order valence-electron chi connectivity index (χ3n) is 3.72. The minimum atomic E-state index is -0.448. The minimum absolute atomic E-state index is 0.0177. The second-order valence-corrected chi connectivity index (χ2v) is 5.25. The molecule has 0 saturated carbocycles. The van der Waals surface area contributed by atoms with Gasteiger partial charge < -0.3 is 15.0 Å². The lowest BCUT2D eigenvalue weighted by Crippen LogP contribution is -2.36. The molecule has 0 unspecified atom stereocenters. The average Bonchev–Trinajstić information content (AvgIpc) is 2.63. The molecule has 24 heavy (non-hydrogen) atoms. The van der Waals surface area contributed by atoms with E-state index < -0.39 is 4.92 Å². The first-order chi connectivity index (χ1) is 11.6. The highest BCUT2D eigenvalue weighted by Crippen LogP contribution is 2.31. The van der Waals surface area contributed by atoms with Crippen molar-refractivity contribution in [1.29, 1.82) is 0 Å². The minimum Gasteiger partial charge on any atom is -0.378 e. The summed E-state index contributed by atoms with van der Waals surface area (Å²) in [6.07, 6.45) is 3.05. The first kappa shape index (κ1) is 15.9. The number of nitro benzene ring substituents is 1. The molecule has 0 aliphatic carbocycles. The number of hydrogen-bond acceptors (Lipinski definition) is 6. The van der Waals surface area contributed by atoms with Gasteiger partial charge >= 0.3 is 0 Å². The number of morpholine rings is 1. The van der Waals surface area contributed by atoms with Crippen LogP contribution < -0.4 is 10.2 Å². The highest BCUT2D eigenvalue weighted by molar-refractivity contribution is 6.05. The topological polar surface area (TPSA) is 97.6 Å². The zero-order valence-corrected chi connectivity index (χ0v) is 12.8. The van der Waals surface area contributed by atoms with Crippen LogP contribution in [-0.2, 0) is 4.74 Å². The predicted molar refractivity (Wildman–Crippen MR) is 88.3 cm³/mol. The summed E-state index contributed by atoms with van der Waals surface area (Å²) >= 11 is 0. The number of carbonyl (C=O) groups excluding carboxylic acids is 1. The molecule has 2 aromatic rings. The first-order valence-corrected chi connectivity index (χ1v) is 7.47. The molecule has 1 aliphatic rings. The van der Waals surface area contributed by atoms with Gasteiger partial charge in [0.2, 0.25) is 0 Å². The number of nitrogens with zero attached hydrogens (tertiary/aromatic N) is 3. The van der Waals surface area contributed by atoms with Crippen molar-refractivity contribution in [2.45, 2.75) is 0 Å². The van der Waals surface area contributed by atoms with E-state index in [9.17, 15) is 14.9 Å². The van der Waals surface area contributed by atoms with E-state index in [1.807, 2.05) is 4.90 Å². The van der Waals surface area contributed by atoms with Crippen LogP contribution in [0.3, 0.4) is 0 Å². The van der Waals surface area contributed by atoms with Gasteiger partial charge in [-0.25, -0.2) is 0 Å². The summed E-state index contributed by atoms with van der Waals surface area (Å²) in [6.45, 7) is 2.30. The summed E-state index contributed by atoms with van der Waals surface area (Å²) in [4.78, 5) is 28.8. The quantitative estimate of drug-likeness (QED) is 0.681. The molecule has 1 N–H and O–H groups in total. The fourth-order valence-corrected chi connectivity index (χ4v) is 2.50. The van der Waals surface area contributed by atoms with E-state index in [-0.39, 0.29) is 11.6 Å². The molecule has 0 bridgehead atoms. The average molecular weight is 328 g/mol. The molecule has 1 fully saturated rings. The summed E-state index contributed by atoms with van der Waals surface area (Å²) in [5.41, 5.74) is 1.54. The SMILES string of the molecule is O=C(Nc1ccc([N+](=O)[O-])cc1N1CCOCC1)c1cccnc1. The molecule has 8 nitrogen and oxygen atoms in total. The van der Waals surface area contributed by atoms with E-state index in [1.165, 1.54) is 18.3 Å². The second-order valence-electron chi connectivity index (χ2n) is 5.25. The molecular formula is C16H16N4O4. The Bertz CT molecular complexity index is 745. The zero-order chi connectivity index (χ0) is 16.9. The van der Waals surface area contributed by atoms with Gasteiger partial charge in [-0.3, -0.25) is 19.9 Å². The Morgan fingerprint density at radius 2 is 2.08 bits per heavy atom. The van der Waals surface area contributed by atoms with Crippen molar-refractivity contribution in [2.75, 3.05) is 36.5 Å². The smallest absolute Gasteiger partial charge is 0.271 e. The van der Waals surface area contributed by atoms with Crippen LogP contribution in [0.4, 0.5) is 17.1 Å². The van der Waals surface area contributed by atoms with E-state index in [0.717, 1.165) is 0 Å². The summed E-state index contributed by atoms with van der Waals surface area (Å²) in [7, 11) is 0. The predicted octanol–water partition coefficient (Wildman–Crippen LogP) is 2.08. The van der Waals surface area contributed by atoms with Gasteiger partial charge in [-0.1, -0.05) is 0 Å². The van der Waals surface area contributed by atoms with Crippen LogP contribution in [0.15, 0.2) is 42.7 Å². The maximum atomic E-state index is 12.3. The highest BCUT2D eigenvalue weighted by Gasteiger charge is 2.20. The van der Waals surface area contributed by atoms with Gasteiger partial charge in [0.05, 0.1) is 35.1 Å². The van der Waals surface area contributed by atoms with Crippen molar-refractivity contribution in [3.05, 3.63) is 58.4 Å². The fourth-order valence-electron chi connectivity index (χ4n) is 2.50. The summed E-state index contributed by atoms with van der Waals surface area (Å²) in [6, 6.07) is 7.74. The fraction of sp³-hybridized carbons (Fsp3) is 0.250. The molecule has 1 aromatic carbocycles. The molecular weight excluding hydrogens is 312 g/mol. The molecule has 2 heterocycles. The maximum Gasteiger partial charge on any atom is 0.271 e. The van der Waals surface area contributed by atoms with Gasteiger partial charge in [0.1, 0.15) is 0 Å². The van der Waals surface area contributed by atoms with Gasteiger partial charge in [0, 0.05) is 37.6 Å². The van der Waals surface area contributed by atoms with Crippen LogP contribution in [0.5, 0.6) is 0 Å². The Morgan fingerprint density at radius 3 is 2.75 bits per heavy atom. The van der Waals surface area contributed by atoms with Crippen molar-refractivity contribution in [3.8, 4) is 0 Å². The van der Waals surface area contributed by atoms with Crippen LogP contribution in [0, 0.1) is 10.1 Å². The number of pyridine rings is 1. The van der Waals surface area contributed by atoms with Gasteiger partial charge in [-0.15, -0.1) is 0 Å². The third kappa shape index (κ3) is 3.49. The summed E-state index contributed by atoms with van der Waals surface area (Å²) in [5.74, 6) is -0.313. The molecule has 3 rings (SSSR count). The number of nitrogens with one attached hydrogen (secondary N) is 1. The lowest BCUT2D eigenvalue weighted by molar-refractivity contribution is -0.384. The van der Waals surface area contributed by atoms with Crippen molar-refractivity contribution in [2.24, 2.45) is 0 Å². The molecule has 124 valence electrons. The van der Waals surface area contributed by atoms with Crippen LogP contribution in [0.1, 0.15) is 10.4 Å². The van der Waals surface area contributed by atoms with Crippen LogP contribution in [0.25, 0.3) is 0 Å². The monoisotopic (exact) mass is 328 g/mol. The number of hydrogen-bond donors (Lipinski definition) is 1. The molecule has 1 amide bonds. The zero-order valence-electron chi connectivity index (χ0n) is 12.8. The lowest BCUT2D eigenvalue weighted by atomic mass is 10.2. The van der Waals surface area contributed by atoms with E-state index in [0.29, 0.717) is 43.2 Å². The number of anilines is 2. The third-order valence-corrected chi connectivity index (χ3v) is 3.72. The van der Waals surface area contributed by atoms with Gasteiger partial charge in [0.15, 0.2) is 0 Å². The van der Waals surface area contributed by atoms with Crippen LogP contribution in [0.2, 0.25) is 0 Å². The summed E-state index contributed by atoms with van der Waals surface area (Å²) in [5, 5.41) is 13.9. The molecule has 0 atom stereocenters. The highest BCUT2D eigenvalue weighted by atomic mass is 16.6. The Hall–Kier alpha value is -3.00. The molecule has 8 heteroatoms. The van der Waals surface area contributed by atoms with Crippen LogP contribution in [-0.4, -0.2) is 42.1 Å². The number of amides is 1. The second kappa shape index (κ2) is 7.05. The molecule has 1 aromatic heterocycles. The van der Waals surface area contributed by atoms with E-state index in [1.54, 1.807) is 24.4 Å². The van der Waals surface area contributed by atoms with E-state index in [4.69, 9.17) is 4.74 Å². The van der Waals surface area contributed by atoms with E-state index in [2.05, 4.69) is 10.3 Å². The Balaban J connectivity index is 1.91. The summed E-state index contributed by atoms with van der Waals surface area (Å²) < 4.78 is 5.32. The Labute approximate surface area is 138 Å². The number of non-ortho nitro benzene ring substituents is 1. The standard InChI is InChI=1S/C16H16N4O4/c21-16(12-2-1-5-17-11-12)18-14-4-3-13(20(22)23)10-15(14)19-6-8-24-9-7-19/h1-5,10-11H,6-9H2,(H,18,21). The number of rotatable bonds is 4. The molecule has 0 radical (unpaired) electrons. The maximum absolute atomic E-state index is 12.3. The Morgan fingerprint density at radius 1 is 1.29 bits per heavy atom. The number of carbonyl (C=O) groups is 1. The normalized spacial score (nSPS) is 14.2. The molecule has 1 saturated heterocycles. The largest absolute Gasteiger partial charge is 0.378 e. The van der Waals surface area contributed by atoms with Crippen LogP contribution >= 0.6 is 0 Å². The van der Waals surface area contributed by atoms with Crippen molar-refractivity contribution >= 4 is 23.0 Å². The number of aromatic nitrogens is 1. The van der Waals surface area contributed by atoms with Gasteiger partial charge in [-0.05, 0) is 18.2 Å². The number of nitro groups is 1. The van der Waals surface area contributed by atoms with Crippen molar-refractivity contribution < 1.29 is 14.5 Å². The first-order valence-electron chi connectivity index (χ1n) is 7.47.